The van der Waals surface area contributed by atoms with Crippen LogP contribution in [0, 0.1) is 11.8 Å². The first kappa shape index (κ1) is 14.1. The molecule has 19 heavy (non-hydrogen) atoms. The molecule has 4 nitrogen and oxygen atoms in total. The minimum absolute atomic E-state index is 0.184. The lowest BCUT2D eigenvalue weighted by molar-refractivity contribution is 0.286. The quantitative estimate of drug-likeness (QED) is 0.824. The fourth-order valence-corrected chi connectivity index (χ4v) is 2.42. The number of rotatable bonds is 3. The Hall–Kier alpha value is -1.35. The molecular weight excluding hydrogens is 260 g/mol. The highest BCUT2D eigenvalue weighted by atomic mass is 32.2. The summed E-state index contributed by atoms with van der Waals surface area (Å²) >= 11 is 0. The molecule has 0 aliphatic carbocycles. The van der Waals surface area contributed by atoms with Gasteiger partial charge in [-0.25, -0.2) is 13.1 Å². The highest BCUT2D eigenvalue weighted by Crippen LogP contribution is 2.17. The molecule has 0 amide bonds. The van der Waals surface area contributed by atoms with Gasteiger partial charge < -0.3 is 0 Å². The molecule has 5 heteroatoms. The maximum absolute atomic E-state index is 10.8. The lowest BCUT2D eigenvalue weighted by Gasteiger charge is -2.26. The molecule has 1 aromatic carbocycles. The molecule has 0 fully saturated rings. The summed E-state index contributed by atoms with van der Waals surface area (Å²) in [5.41, 5.74) is 2.79. The molecule has 0 aromatic heterocycles. The van der Waals surface area contributed by atoms with Crippen molar-refractivity contribution in [2.45, 2.75) is 13.0 Å². The predicted octanol–water partition coefficient (Wildman–Crippen LogP) is 0.597. The lowest BCUT2D eigenvalue weighted by atomic mass is 10.0. The van der Waals surface area contributed by atoms with E-state index in [4.69, 9.17) is 0 Å². The molecular formula is C14H18N2O2S. The van der Waals surface area contributed by atoms with E-state index in [-0.39, 0.29) is 6.54 Å². The molecule has 0 saturated carbocycles. The summed E-state index contributed by atoms with van der Waals surface area (Å²) in [4.78, 5) is 2.27. The molecule has 0 bridgehead atoms. The summed E-state index contributed by atoms with van der Waals surface area (Å²) in [6, 6.07) is 8.46. The van der Waals surface area contributed by atoms with E-state index in [0.717, 1.165) is 25.8 Å². The van der Waals surface area contributed by atoms with Crippen molar-refractivity contribution in [3.05, 3.63) is 35.4 Å². The Balaban J connectivity index is 1.82. The van der Waals surface area contributed by atoms with Crippen LogP contribution in [0.15, 0.2) is 24.3 Å². The van der Waals surface area contributed by atoms with Crippen molar-refractivity contribution in [3.63, 3.8) is 0 Å². The minimum Gasteiger partial charge on any atom is -0.288 e. The normalized spacial score (nSPS) is 15.4. The largest absolute Gasteiger partial charge is 0.288 e. The van der Waals surface area contributed by atoms with Crippen molar-refractivity contribution in [2.75, 3.05) is 25.9 Å². The van der Waals surface area contributed by atoms with Crippen LogP contribution in [-0.2, 0) is 23.0 Å². The van der Waals surface area contributed by atoms with Gasteiger partial charge in [0.1, 0.15) is 0 Å². The van der Waals surface area contributed by atoms with Crippen LogP contribution >= 0.6 is 0 Å². The van der Waals surface area contributed by atoms with Gasteiger partial charge >= 0.3 is 0 Å². The summed E-state index contributed by atoms with van der Waals surface area (Å²) in [6.45, 7) is 2.79. The smallest absolute Gasteiger partial charge is 0.209 e. The van der Waals surface area contributed by atoms with Gasteiger partial charge in [0.15, 0.2) is 0 Å². The third-order valence-corrected chi connectivity index (χ3v) is 3.73. The lowest BCUT2D eigenvalue weighted by Crippen LogP contribution is -2.30. The summed E-state index contributed by atoms with van der Waals surface area (Å²) in [6.07, 6.45) is 2.19. The third kappa shape index (κ3) is 4.67. The Morgan fingerprint density at radius 3 is 2.74 bits per heavy atom. The number of nitrogens with one attached hydrogen (secondary N) is 1. The van der Waals surface area contributed by atoms with Gasteiger partial charge in [0.25, 0.3) is 0 Å². The molecule has 1 aromatic rings. The first-order chi connectivity index (χ1) is 9.04. The van der Waals surface area contributed by atoms with E-state index in [1.54, 1.807) is 0 Å². The second-order valence-electron chi connectivity index (χ2n) is 4.68. The Bertz CT molecular complexity index is 599. The van der Waals surface area contributed by atoms with Crippen LogP contribution in [0.1, 0.15) is 11.1 Å². The topological polar surface area (TPSA) is 49.4 Å². The van der Waals surface area contributed by atoms with E-state index in [2.05, 4.69) is 45.7 Å². The van der Waals surface area contributed by atoms with Crippen LogP contribution in [0.3, 0.4) is 0 Å². The maximum atomic E-state index is 10.8. The molecule has 1 heterocycles. The van der Waals surface area contributed by atoms with Crippen molar-refractivity contribution in [2.24, 2.45) is 0 Å². The van der Waals surface area contributed by atoms with Crippen LogP contribution in [-0.4, -0.2) is 39.2 Å². The highest BCUT2D eigenvalue weighted by Gasteiger charge is 2.13. The number of benzene rings is 1. The zero-order valence-corrected chi connectivity index (χ0v) is 11.8. The van der Waals surface area contributed by atoms with Gasteiger partial charge in [-0.2, -0.15) is 0 Å². The van der Waals surface area contributed by atoms with E-state index in [1.807, 2.05) is 0 Å². The number of hydrogen-bond donors (Lipinski definition) is 1. The molecule has 1 N–H and O–H groups in total. The highest BCUT2D eigenvalue weighted by molar-refractivity contribution is 7.88. The molecule has 0 unspecified atom stereocenters. The van der Waals surface area contributed by atoms with E-state index in [1.165, 1.54) is 11.1 Å². The van der Waals surface area contributed by atoms with Gasteiger partial charge in [0, 0.05) is 13.1 Å². The van der Waals surface area contributed by atoms with Crippen LogP contribution in [0.2, 0.25) is 0 Å². The zero-order valence-electron chi connectivity index (χ0n) is 11.0. The van der Waals surface area contributed by atoms with Gasteiger partial charge in [-0.05, 0) is 17.5 Å². The van der Waals surface area contributed by atoms with Crippen molar-refractivity contribution >= 4 is 10.0 Å². The second-order valence-corrected chi connectivity index (χ2v) is 6.51. The molecule has 1 aliphatic heterocycles. The van der Waals surface area contributed by atoms with Crippen LogP contribution in [0.4, 0.5) is 0 Å². The van der Waals surface area contributed by atoms with Gasteiger partial charge in [0.2, 0.25) is 10.0 Å². The number of nitrogens with zero attached hydrogens (tertiary/aromatic N) is 1. The first-order valence-corrected chi connectivity index (χ1v) is 8.13. The summed E-state index contributed by atoms with van der Waals surface area (Å²) in [7, 11) is -3.14. The van der Waals surface area contributed by atoms with Crippen molar-refractivity contribution in [3.8, 4) is 11.8 Å². The third-order valence-electron chi connectivity index (χ3n) is 3.06. The predicted molar refractivity (Wildman–Crippen MR) is 76.0 cm³/mol. The van der Waals surface area contributed by atoms with E-state index in [9.17, 15) is 8.42 Å². The van der Waals surface area contributed by atoms with Gasteiger partial charge in [0.05, 0.1) is 19.3 Å². The number of fused-ring (bicyclic) bond motifs is 1. The van der Waals surface area contributed by atoms with Crippen LogP contribution < -0.4 is 4.72 Å². The summed E-state index contributed by atoms with van der Waals surface area (Å²) in [5.74, 6) is 5.84. The number of hydrogen-bond acceptors (Lipinski definition) is 3. The molecule has 0 saturated heterocycles. The SMILES string of the molecule is CS(=O)(=O)NCC#CCN1CCc2ccccc2C1. The van der Waals surface area contributed by atoms with E-state index in [0.29, 0.717) is 6.54 Å². The Labute approximate surface area is 114 Å². The molecule has 1 aliphatic rings. The average Bonchev–Trinajstić information content (AvgIpc) is 2.37. The maximum Gasteiger partial charge on any atom is 0.209 e. The average molecular weight is 278 g/mol. The molecule has 0 spiro atoms. The van der Waals surface area contributed by atoms with E-state index < -0.39 is 10.0 Å². The monoisotopic (exact) mass is 278 g/mol. The van der Waals surface area contributed by atoms with Crippen molar-refractivity contribution in [1.29, 1.82) is 0 Å². The number of sulfonamides is 1. The molecule has 0 radical (unpaired) electrons. The molecule has 2 rings (SSSR count). The minimum atomic E-state index is -3.14. The molecule has 0 atom stereocenters. The fourth-order valence-electron chi connectivity index (χ4n) is 2.09. The van der Waals surface area contributed by atoms with Gasteiger partial charge in [-0.15, -0.1) is 0 Å². The summed E-state index contributed by atoms with van der Waals surface area (Å²) in [5, 5.41) is 0. The zero-order chi connectivity index (χ0) is 13.7. The van der Waals surface area contributed by atoms with Crippen LogP contribution in [0.5, 0.6) is 0 Å². The Morgan fingerprint density at radius 2 is 2.00 bits per heavy atom. The molecule has 102 valence electrons. The standard InChI is InChI=1S/C14H18N2O2S/c1-19(17,18)15-9-4-5-10-16-11-8-13-6-2-3-7-14(13)12-16/h2-3,6-7,15H,8-12H2,1H3. The first-order valence-electron chi connectivity index (χ1n) is 6.24. The van der Waals surface area contributed by atoms with Crippen molar-refractivity contribution in [1.82, 2.24) is 9.62 Å². The van der Waals surface area contributed by atoms with Gasteiger partial charge in [-0.1, -0.05) is 36.1 Å². The summed E-state index contributed by atoms with van der Waals surface area (Å²) < 4.78 is 24.0. The second kappa shape index (κ2) is 6.20. The van der Waals surface area contributed by atoms with Crippen molar-refractivity contribution < 1.29 is 8.42 Å². The Kier molecular flexibility index (Phi) is 4.59. The van der Waals surface area contributed by atoms with Crippen LogP contribution in [0.25, 0.3) is 0 Å². The Morgan fingerprint density at radius 1 is 1.26 bits per heavy atom. The van der Waals surface area contributed by atoms with Gasteiger partial charge in [-0.3, -0.25) is 4.90 Å². The fraction of sp³-hybridized carbons (Fsp3) is 0.429. The van der Waals surface area contributed by atoms with E-state index >= 15 is 0 Å².